The summed E-state index contributed by atoms with van der Waals surface area (Å²) in [6.45, 7) is 0.353. The first kappa shape index (κ1) is 13.0. The SMILES string of the molecule is Nc1cnn(Cc2nc(-c3ccc(Cl)c(Cl)c3)no2)c1. The molecule has 1 aromatic carbocycles. The molecular weight excluding hydrogens is 301 g/mol. The molecule has 6 nitrogen and oxygen atoms in total. The van der Waals surface area contributed by atoms with Crippen molar-refractivity contribution in [3.8, 4) is 11.4 Å². The van der Waals surface area contributed by atoms with Crippen LogP contribution in [0, 0.1) is 0 Å². The molecule has 0 unspecified atom stereocenters. The molecule has 0 saturated heterocycles. The van der Waals surface area contributed by atoms with E-state index < -0.39 is 0 Å². The third-order valence-electron chi connectivity index (χ3n) is 2.60. The lowest BCUT2D eigenvalue weighted by molar-refractivity contribution is 0.366. The minimum Gasteiger partial charge on any atom is -0.396 e. The van der Waals surface area contributed by atoms with E-state index in [1.807, 2.05) is 0 Å². The van der Waals surface area contributed by atoms with Gasteiger partial charge in [-0.05, 0) is 18.2 Å². The van der Waals surface area contributed by atoms with E-state index in [2.05, 4.69) is 15.2 Å². The zero-order valence-electron chi connectivity index (χ0n) is 10.1. The van der Waals surface area contributed by atoms with Gasteiger partial charge >= 0.3 is 0 Å². The van der Waals surface area contributed by atoms with E-state index in [9.17, 15) is 0 Å². The number of hydrogen-bond donors (Lipinski definition) is 1. The number of anilines is 1. The maximum Gasteiger partial charge on any atom is 0.248 e. The van der Waals surface area contributed by atoms with E-state index in [1.54, 1.807) is 35.3 Å². The maximum atomic E-state index is 5.96. The Bertz CT molecular complexity index is 752. The monoisotopic (exact) mass is 309 g/mol. The Morgan fingerprint density at radius 2 is 2.10 bits per heavy atom. The fraction of sp³-hybridized carbons (Fsp3) is 0.0833. The molecule has 0 aliphatic heterocycles. The third-order valence-corrected chi connectivity index (χ3v) is 3.34. The van der Waals surface area contributed by atoms with Gasteiger partial charge in [-0.15, -0.1) is 0 Å². The quantitative estimate of drug-likeness (QED) is 0.804. The number of benzene rings is 1. The first-order valence-corrected chi connectivity index (χ1v) is 6.43. The molecule has 0 aliphatic carbocycles. The van der Waals surface area contributed by atoms with Crippen molar-refractivity contribution in [2.24, 2.45) is 0 Å². The Labute approximate surface area is 124 Å². The van der Waals surface area contributed by atoms with E-state index in [4.69, 9.17) is 33.5 Å². The van der Waals surface area contributed by atoms with Crippen molar-refractivity contribution < 1.29 is 4.52 Å². The molecule has 0 amide bonds. The van der Waals surface area contributed by atoms with Gasteiger partial charge in [-0.1, -0.05) is 28.4 Å². The lowest BCUT2D eigenvalue weighted by Crippen LogP contribution is -2.00. The van der Waals surface area contributed by atoms with Crippen LogP contribution < -0.4 is 5.73 Å². The fourth-order valence-corrected chi connectivity index (χ4v) is 1.97. The van der Waals surface area contributed by atoms with Gasteiger partial charge in [-0.2, -0.15) is 10.1 Å². The van der Waals surface area contributed by atoms with Gasteiger partial charge < -0.3 is 10.3 Å². The van der Waals surface area contributed by atoms with Crippen molar-refractivity contribution in [2.75, 3.05) is 5.73 Å². The van der Waals surface area contributed by atoms with Gasteiger partial charge in [0.1, 0.15) is 6.54 Å². The lowest BCUT2D eigenvalue weighted by Gasteiger charge is -1.97. The Hall–Kier alpha value is -2.05. The molecule has 0 atom stereocenters. The van der Waals surface area contributed by atoms with Crippen molar-refractivity contribution in [1.29, 1.82) is 0 Å². The number of rotatable bonds is 3. The minimum absolute atomic E-state index is 0.353. The third kappa shape index (κ3) is 2.61. The van der Waals surface area contributed by atoms with Crippen molar-refractivity contribution in [3.05, 3.63) is 46.5 Å². The van der Waals surface area contributed by atoms with Crippen molar-refractivity contribution in [1.82, 2.24) is 19.9 Å². The van der Waals surface area contributed by atoms with Crippen LogP contribution >= 0.6 is 23.2 Å². The molecule has 8 heteroatoms. The van der Waals surface area contributed by atoms with E-state index in [-0.39, 0.29) is 0 Å². The number of nitrogens with zero attached hydrogens (tertiary/aromatic N) is 4. The summed E-state index contributed by atoms with van der Waals surface area (Å²) in [4.78, 5) is 4.27. The van der Waals surface area contributed by atoms with Gasteiger partial charge in [0.05, 0.1) is 21.9 Å². The van der Waals surface area contributed by atoms with E-state index in [0.717, 1.165) is 5.56 Å². The number of hydrogen-bond acceptors (Lipinski definition) is 5. The van der Waals surface area contributed by atoms with Crippen LogP contribution in [0.15, 0.2) is 35.1 Å². The van der Waals surface area contributed by atoms with E-state index in [1.165, 1.54) is 0 Å². The van der Waals surface area contributed by atoms with Crippen LogP contribution in [-0.2, 0) is 6.54 Å². The fourth-order valence-electron chi connectivity index (χ4n) is 1.68. The van der Waals surface area contributed by atoms with E-state index >= 15 is 0 Å². The Kier molecular flexibility index (Phi) is 3.33. The number of nitrogen functional groups attached to an aromatic ring is 1. The second-order valence-electron chi connectivity index (χ2n) is 4.11. The summed E-state index contributed by atoms with van der Waals surface area (Å²) in [5.41, 5.74) is 6.89. The smallest absolute Gasteiger partial charge is 0.248 e. The summed E-state index contributed by atoms with van der Waals surface area (Å²) in [5, 5.41) is 8.86. The number of nitrogens with two attached hydrogens (primary N) is 1. The van der Waals surface area contributed by atoms with Crippen LogP contribution in [0.25, 0.3) is 11.4 Å². The highest BCUT2D eigenvalue weighted by Gasteiger charge is 2.11. The predicted octanol–water partition coefficient (Wildman–Crippen LogP) is 2.87. The van der Waals surface area contributed by atoms with Crippen molar-refractivity contribution >= 4 is 28.9 Å². The minimum atomic E-state index is 0.353. The highest BCUT2D eigenvalue weighted by Crippen LogP contribution is 2.27. The molecular formula is C12H9Cl2N5O. The summed E-state index contributed by atoms with van der Waals surface area (Å²) < 4.78 is 6.78. The molecule has 20 heavy (non-hydrogen) atoms. The zero-order valence-corrected chi connectivity index (χ0v) is 11.6. The topological polar surface area (TPSA) is 82.8 Å². The Morgan fingerprint density at radius 1 is 1.25 bits per heavy atom. The molecule has 0 spiro atoms. The molecule has 102 valence electrons. The Balaban J connectivity index is 1.84. The predicted molar refractivity (Wildman–Crippen MR) is 75.5 cm³/mol. The molecule has 0 bridgehead atoms. The molecule has 3 aromatic rings. The highest BCUT2D eigenvalue weighted by molar-refractivity contribution is 6.42. The molecule has 0 radical (unpaired) electrons. The normalized spacial score (nSPS) is 10.9. The van der Waals surface area contributed by atoms with Crippen LogP contribution in [0.5, 0.6) is 0 Å². The molecule has 3 rings (SSSR count). The number of halogens is 2. The highest BCUT2D eigenvalue weighted by atomic mass is 35.5. The van der Waals surface area contributed by atoms with Crippen LogP contribution in [0.2, 0.25) is 10.0 Å². The number of aromatic nitrogens is 4. The first-order chi connectivity index (χ1) is 9.61. The second-order valence-corrected chi connectivity index (χ2v) is 4.93. The van der Waals surface area contributed by atoms with Gasteiger partial charge in [0.2, 0.25) is 11.7 Å². The molecule has 2 aromatic heterocycles. The molecule has 0 saturated carbocycles. The largest absolute Gasteiger partial charge is 0.396 e. The first-order valence-electron chi connectivity index (χ1n) is 5.68. The van der Waals surface area contributed by atoms with E-state index in [0.29, 0.717) is 34.0 Å². The average molecular weight is 310 g/mol. The molecule has 0 aliphatic rings. The van der Waals surface area contributed by atoms with Crippen LogP contribution in [0.3, 0.4) is 0 Å². The van der Waals surface area contributed by atoms with Gasteiger partial charge in [0, 0.05) is 11.8 Å². The summed E-state index contributed by atoms with van der Waals surface area (Å²) >= 11 is 11.8. The lowest BCUT2D eigenvalue weighted by atomic mass is 10.2. The Morgan fingerprint density at radius 3 is 2.80 bits per heavy atom. The summed E-state index contributed by atoms with van der Waals surface area (Å²) in [5.74, 6) is 0.868. The van der Waals surface area contributed by atoms with Crippen molar-refractivity contribution in [3.63, 3.8) is 0 Å². The zero-order chi connectivity index (χ0) is 14.1. The van der Waals surface area contributed by atoms with Crippen LogP contribution in [-0.4, -0.2) is 19.9 Å². The molecule has 2 heterocycles. The second kappa shape index (κ2) is 5.15. The van der Waals surface area contributed by atoms with Gasteiger partial charge in [0.15, 0.2) is 0 Å². The average Bonchev–Trinajstić information content (AvgIpc) is 3.03. The molecule has 0 fully saturated rings. The molecule has 2 N–H and O–H groups in total. The summed E-state index contributed by atoms with van der Waals surface area (Å²) in [6.07, 6.45) is 3.24. The van der Waals surface area contributed by atoms with Gasteiger partial charge in [0.25, 0.3) is 0 Å². The standard InChI is InChI=1S/C12H9Cl2N5O/c13-9-2-1-7(3-10(9)14)12-17-11(20-18-12)6-19-5-8(15)4-16-19/h1-5H,6,15H2. The van der Waals surface area contributed by atoms with Crippen LogP contribution in [0.1, 0.15) is 5.89 Å². The van der Waals surface area contributed by atoms with Gasteiger partial charge in [-0.3, -0.25) is 4.68 Å². The summed E-state index contributed by atoms with van der Waals surface area (Å²) in [6, 6.07) is 5.14. The van der Waals surface area contributed by atoms with Crippen LogP contribution in [0.4, 0.5) is 5.69 Å². The summed E-state index contributed by atoms with van der Waals surface area (Å²) in [7, 11) is 0. The maximum absolute atomic E-state index is 5.96. The van der Waals surface area contributed by atoms with Gasteiger partial charge in [-0.25, -0.2) is 0 Å². The van der Waals surface area contributed by atoms with Crippen molar-refractivity contribution in [2.45, 2.75) is 6.54 Å².